The molecule has 1 aromatic carbocycles. The van der Waals surface area contributed by atoms with E-state index in [-0.39, 0.29) is 36.0 Å². The Morgan fingerprint density at radius 3 is 2.76 bits per heavy atom. The van der Waals surface area contributed by atoms with E-state index in [1.807, 2.05) is 0 Å². The number of aliphatic hydroxyl groups is 1. The standard InChI is InChI=1S/C19H16ClF2N3O4/c1-11-6-16(29-10-12-2-3-13(21)7-15(12)22)18(20)19(28)25(11)14-8-23-24(9-14)17(27)4-5-26/h2-3,6-9,26H,4-5,10H2,1H3. The van der Waals surface area contributed by atoms with Gasteiger partial charge in [0.05, 0.1) is 31.1 Å². The molecule has 0 radical (unpaired) electrons. The maximum atomic E-state index is 13.7. The van der Waals surface area contributed by atoms with Gasteiger partial charge in [-0.25, -0.2) is 13.5 Å². The Labute approximate surface area is 168 Å². The Kier molecular flexibility index (Phi) is 6.09. The number of aliphatic hydroxyl groups excluding tert-OH is 1. The summed E-state index contributed by atoms with van der Waals surface area (Å²) in [4.78, 5) is 24.5. The highest BCUT2D eigenvalue weighted by Crippen LogP contribution is 2.25. The first kappa shape index (κ1) is 20.7. The number of aromatic nitrogens is 3. The first-order valence-electron chi connectivity index (χ1n) is 8.49. The van der Waals surface area contributed by atoms with Crippen LogP contribution in [0.1, 0.15) is 22.5 Å². The van der Waals surface area contributed by atoms with Crippen molar-refractivity contribution in [2.24, 2.45) is 0 Å². The van der Waals surface area contributed by atoms with Crippen molar-refractivity contribution in [2.75, 3.05) is 6.61 Å². The molecule has 0 spiro atoms. The Morgan fingerprint density at radius 1 is 1.31 bits per heavy atom. The van der Waals surface area contributed by atoms with Gasteiger partial charge in [-0.3, -0.25) is 14.2 Å². The van der Waals surface area contributed by atoms with Gasteiger partial charge in [-0.1, -0.05) is 11.6 Å². The molecular weight excluding hydrogens is 408 g/mol. The van der Waals surface area contributed by atoms with Gasteiger partial charge in [0, 0.05) is 23.4 Å². The maximum absolute atomic E-state index is 13.7. The van der Waals surface area contributed by atoms with Crippen LogP contribution in [-0.4, -0.2) is 32.0 Å². The SMILES string of the molecule is Cc1cc(OCc2ccc(F)cc2F)c(Cl)c(=O)n1-c1cnn(C(=O)CCO)c1. The summed E-state index contributed by atoms with van der Waals surface area (Å²) in [6.07, 6.45) is 2.55. The second-order valence-corrected chi connectivity index (χ2v) is 6.52. The minimum Gasteiger partial charge on any atom is -0.487 e. The molecule has 3 aromatic rings. The van der Waals surface area contributed by atoms with Gasteiger partial charge in [-0.05, 0) is 19.1 Å². The van der Waals surface area contributed by atoms with Crippen LogP contribution >= 0.6 is 11.6 Å². The molecule has 0 fully saturated rings. The van der Waals surface area contributed by atoms with Gasteiger partial charge < -0.3 is 9.84 Å². The average molecular weight is 424 g/mol. The predicted octanol–water partition coefficient (Wildman–Crippen LogP) is 2.88. The molecule has 2 aromatic heterocycles. The topological polar surface area (TPSA) is 86.4 Å². The number of hydrogen-bond acceptors (Lipinski definition) is 5. The Bertz CT molecular complexity index is 1130. The summed E-state index contributed by atoms with van der Waals surface area (Å²) in [5.41, 5.74) is 0.225. The second kappa shape index (κ2) is 8.54. The molecule has 0 saturated carbocycles. The number of rotatable bonds is 6. The minimum absolute atomic E-state index is 0.0397. The van der Waals surface area contributed by atoms with Crippen LogP contribution in [0.5, 0.6) is 5.75 Å². The number of halogens is 3. The first-order valence-corrected chi connectivity index (χ1v) is 8.87. The van der Waals surface area contributed by atoms with Gasteiger partial charge in [0.2, 0.25) is 5.91 Å². The van der Waals surface area contributed by atoms with Crippen molar-refractivity contribution in [3.05, 3.63) is 74.9 Å². The fraction of sp³-hybridized carbons (Fsp3) is 0.211. The summed E-state index contributed by atoms with van der Waals surface area (Å²) in [7, 11) is 0. The van der Waals surface area contributed by atoms with E-state index >= 15 is 0 Å². The summed E-state index contributed by atoms with van der Waals surface area (Å²) >= 11 is 6.13. The molecule has 0 unspecified atom stereocenters. The van der Waals surface area contributed by atoms with Crippen molar-refractivity contribution in [3.8, 4) is 11.4 Å². The third-order valence-electron chi connectivity index (χ3n) is 4.11. The molecule has 0 saturated heterocycles. The smallest absolute Gasteiger partial charge is 0.277 e. The molecule has 0 amide bonds. The number of hydrogen-bond donors (Lipinski definition) is 1. The largest absolute Gasteiger partial charge is 0.487 e. The van der Waals surface area contributed by atoms with Crippen LogP contribution in [0.15, 0.2) is 41.5 Å². The molecule has 0 atom stereocenters. The van der Waals surface area contributed by atoms with E-state index in [1.165, 1.54) is 29.1 Å². The first-order chi connectivity index (χ1) is 13.8. The average Bonchev–Trinajstić information content (AvgIpc) is 3.15. The van der Waals surface area contributed by atoms with E-state index in [1.54, 1.807) is 6.92 Å². The highest BCUT2D eigenvalue weighted by molar-refractivity contribution is 6.31. The molecule has 0 aliphatic heterocycles. The Hall–Kier alpha value is -3.04. The monoisotopic (exact) mass is 423 g/mol. The molecule has 10 heteroatoms. The summed E-state index contributed by atoms with van der Waals surface area (Å²) < 4.78 is 34.5. The Balaban J connectivity index is 1.88. The van der Waals surface area contributed by atoms with E-state index in [0.717, 1.165) is 16.8 Å². The summed E-state index contributed by atoms with van der Waals surface area (Å²) in [6, 6.07) is 4.56. The Morgan fingerprint density at radius 2 is 2.07 bits per heavy atom. The molecule has 1 N–H and O–H groups in total. The molecule has 7 nitrogen and oxygen atoms in total. The van der Waals surface area contributed by atoms with Gasteiger partial charge >= 0.3 is 0 Å². The fourth-order valence-corrected chi connectivity index (χ4v) is 2.87. The van der Waals surface area contributed by atoms with Crippen LogP contribution in [0.25, 0.3) is 5.69 Å². The van der Waals surface area contributed by atoms with Gasteiger partial charge in [-0.2, -0.15) is 5.10 Å². The zero-order valence-corrected chi connectivity index (χ0v) is 16.0. The van der Waals surface area contributed by atoms with Gasteiger partial charge in [0.1, 0.15) is 29.0 Å². The lowest BCUT2D eigenvalue weighted by Crippen LogP contribution is -2.21. The van der Waals surface area contributed by atoms with Crippen molar-refractivity contribution in [1.29, 1.82) is 0 Å². The van der Waals surface area contributed by atoms with E-state index in [9.17, 15) is 18.4 Å². The maximum Gasteiger partial charge on any atom is 0.277 e. The van der Waals surface area contributed by atoms with Gasteiger partial charge in [-0.15, -0.1) is 0 Å². The molecule has 29 heavy (non-hydrogen) atoms. The van der Waals surface area contributed by atoms with Crippen molar-refractivity contribution < 1.29 is 23.4 Å². The predicted molar refractivity (Wildman–Crippen MR) is 101 cm³/mol. The lowest BCUT2D eigenvalue weighted by molar-refractivity contribution is 0.0859. The van der Waals surface area contributed by atoms with Crippen molar-refractivity contribution in [3.63, 3.8) is 0 Å². The number of carbonyl (C=O) groups excluding carboxylic acids is 1. The third-order valence-corrected chi connectivity index (χ3v) is 4.45. The molecule has 152 valence electrons. The summed E-state index contributed by atoms with van der Waals surface area (Å²) in [5.74, 6) is -1.87. The molecule has 0 bridgehead atoms. The molecular formula is C19H16ClF2N3O4. The third kappa shape index (κ3) is 4.36. The number of benzene rings is 1. The zero-order valence-electron chi connectivity index (χ0n) is 15.2. The molecule has 3 rings (SSSR count). The number of carbonyl (C=O) groups is 1. The van der Waals surface area contributed by atoms with E-state index in [0.29, 0.717) is 11.4 Å². The molecule has 0 aliphatic carbocycles. The van der Waals surface area contributed by atoms with Crippen molar-refractivity contribution >= 4 is 17.5 Å². The number of pyridine rings is 1. The van der Waals surface area contributed by atoms with Crippen LogP contribution < -0.4 is 10.3 Å². The fourth-order valence-electron chi connectivity index (χ4n) is 2.68. The lowest BCUT2D eigenvalue weighted by Gasteiger charge is -2.13. The highest BCUT2D eigenvalue weighted by Gasteiger charge is 2.17. The van der Waals surface area contributed by atoms with E-state index in [4.69, 9.17) is 21.4 Å². The quantitative estimate of drug-likeness (QED) is 0.659. The van der Waals surface area contributed by atoms with Crippen LogP contribution in [0.3, 0.4) is 0 Å². The molecule has 2 heterocycles. The van der Waals surface area contributed by atoms with E-state index in [2.05, 4.69) is 5.10 Å². The van der Waals surface area contributed by atoms with Crippen LogP contribution in [0, 0.1) is 18.6 Å². The zero-order chi connectivity index (χ0) is 21.1. The van der Waals surface area contributed by atoms with Crippen LogP contribution in [0.4, 0.5) is 8.78 Å². The minimum atomic E-state index is -0.772. The lowest BCUT2D eigenvalue weighted by atomic mass is 10.2. The highest BCUT2D eigenvalue weighted by atomic mass is 35.5. The summed E-state index contributed by atoms with van der Waals surface area (Å²) in [6.45, 7) is 1.05. The normalized spacial score (nSPS) is 10.9. The molecule has 0 aliphatic rings. The van der Waals surface area contributed by atoms with E-state index < -0.39 is 23.1 Å². The van der Waals surface area contributed by atoms with Gasteiger partial charge in [0.25, 0.3) is 5.56 Å². The van der Waals surface area contributed by atoms with Gasteiger partial charge in [0.15, 0.2) is 0 Å². The van der Waals surface area contributed by atoms with Crippen molar-refractivity contribution in [1.82, 2.24) is 14.3 Å². The number of ether oxygens (including phenoxy) is 1. The second-order valence-electron chi connectivity index (χ2n) is 6.14. The van der Waals surface area contributed by atoms with Crippen LogP contribution in [-0.2, 0) is 6.61 Å². The number of nitrogens with zero attached hydrogens (tertiary/aromatic N) is 3. The van der Waals surface area contributed by atoms with Crippen LogP contribution in [0.2, 0.25) is 5.02 Å². The number of aryl methyl sites for hydroxylation is 1. The van der Waals surface area contributed by atoms with Crippen molar-refractivity contribution in [2.45, 2.75) is 20.0 Å². The summed E-state index contributed by atoms with van der Waals surface area (Å²) in [5, 5.41) is 12.5.